The van der Waals surface area contributed by atoms with Gasteiger partial charge in [0.25, 0.3) is 0 Å². The smallest absolute Gasteiger partial charge is 0.318 e. The molecule has 7 heteroatoms. The Morgan fingerprint density at radius 1 is 1.45 bits per heavy atom. The lowest BCUT2D eigenvalue weighted by Gasteiger charge is -2.04. The van der Waals surface area contributed by atoms with Crippen LogP contribution in [-0.4, -0.2) is 28.5 Å². The maximum Gasteiger partial charge on any atom is 0.318 e. The Morgan fingerprint density at radius 2 is 2.25 bits per heavy atom. The highest BCUT2D eigenvalue weighted by Crippen LogP contribution is 2.30. The van der Waals surface area contributed by atoms with Crippen LogP contribution in [0.3, 0.4) is 0 Å². The van der Waals surface area contributed by atoms with E-state index in [2.05, 4.69) is 20.3 Å². The van der Waals surface area contributed by atoms with Gasteiger partial charge in [-0.05, 0) is 31.5 Å². The quantitative estimate of drug-likeness (QED) is 0.675. The predicted molar refractivity (Wildman–Crippen MR) is 81.7 cm³/mol. The Morgan fingerprint density at radius 3 is 2.95 bits per heavy atom. The highest BCUT2D eigenvalue weighted by Gasteiger charge is 2.17. The monoisotopic (exact) mass is 309 g/mol. The van der Waals surface area contributed by atoms with Gasteiger partial charge in [0.15, 0.2) is 4.34 Å². The number of hydrogen-bond acceptors (Lipinski definition) is 7. The van der Waals surface area contributed by atoms with Gasteiger partial charge in [-0.1, -0.05) is 35.2 Å². The minimum absolute atomic E-state index is 0.265. The van der Waals surface area contributed by atoms with Gasteiger partial charge >= 0.3 is 5.97 Å². The van der Waals surface area contributed by atoms with Crippen molar-refractivity contribution in [2.45, 2.75) is 23.4 Å². The number of hydrogen-bond donors (Lipinski definition) is 1. The van der Waals surface area contributed by atoms with E-state index in [1.165, 1.54) is 35.8 Å². The van der Waals surface area contributed by atoms with Gasteiger partial charge in [0.2, 0.25) is 5.13 Å². The summed E-state index contributed by atoms with van der Waals surface area (Å²) in [5.41, 5.74) is 2.15. The van der Waals surface area contributed by atoms with Crippen molar-refractivity contribution in [3.8, 4) is 0 Å². The van der Waals surface area contributed by atoms with Crippen molar-refractivity contribution in [1.29, 1.82) is 0 Å². The summed E-state index contributed by atoms with van der Waals surface area (Å²) in [5, 5.41) is 11.7. The topological polar surface area (TPSA) is 64.1 Å². The van der Waals surface area contributed by atoms with Crippen LogP contribution in [0.15, 0.2) is 28.6 Å². The average molecular weight is 309 g/mol. The van der Waals surface area contributed by atoms with Gasteiger partial charge in [0.1, 0.15) is 5.25 Å². The molecule has 1 unspecified atom stereocenters. The number of aromatic nitrogens is 2. The summed E-state index contributed by atoms with van der Waals surface area (Å²) in [7, 11) is 1.38. The van der Waals surface area contributed by atoms with E-state index >= 15 is 0 Å². The molecule has 0 bridgehead atoms. The molecule has 0 aliphatic rings. The molecule has 0 aliphatic carbocycles. The minimum atomic E-state index is -0.292. The zero-order valence-electron chi connectivity index (χ0n) is 11.4. The largest absolute Gasteiger partial charge is 0.468 e. The zero-order valence-corrected chi connectivity index (χ0v) is 13.0. The van der Waals surface area contributed by atoms with E-state index in [4.69, 9.17) is 0 Å². The highest BCUT2D eigenvalue weighted by atomic mass is 32.2. The molecule has 20 heavy (non-hydrogen) atoms. The summed E-state index contributed by atoms with van der Waals surface area (Å²) >= 11 is 2.75. The molecule has 0 saturated carbocycles. The molecule has 0 amide bonds. The number of methoxy groups -OCH3 is 1. The van der Waals surface area contributed by atoms with Gasteiger partial charge in [-0.25, -0.2) is 0 Å². The average Bonchev–Trinajstić information content (AvgIpc) is 2.85. The maximum absolute atomic E-state index is 11.3. The van der Waals surface area contributed by atoms with E-state index < -0.39 is 0 Å². The number of esters is 1. The number of nitrogens with zero attached hydrogens (tertiary/aromatic N) is 2. The molecule has 0 saturated heterocycles. The third-order valence-electron chi connectivity index (χ3n) is 2.49. The number of thioether (sulfide) groups is 1. The van der Waals surface area contributed by atoms with E-state index in [0.717, 1.165) is 10.0 Å². The summed E-state index contributed by atoms with van der Waals surface area (Å²) in [6, 6.07) is 8.02. The first-order valence-electron chi connectivity index (χ1n) is 6.00. The SMILES string of the molecule is COC(=O)C(C)Sc1nnc(Nc2cccc(C)c2)s1. The first-order chi connectivity index (χ1) is 9.58. The van der Waals surface area contributed by atoms with E-state index in [1.807, 2.05) is 31.2 Å². The number of ether oxygens (including phenoxy) is 1. The van der Waals surface area contributed by atoms with Crippen molar-refractivity contribution in [3.63, 3.8) is 0 Å². The predicted octanol–water partition coefficient (Wildman–Crippen LogP) is 3.24. The fraction of sp³-hybridized carbons (Fsp3) is 0.308. The second-order valence-electron chi connectivity index (χ2n) is 4.15. The van der Waals surface area contributed by atoms with Crippen molar-refractivity contribution in [1.82, 2.24) is 10.2 Å². The van der Waals surface area contributed by atoms with Crippen LogP contribution in [0.1, 0.15) is 12.5 Å². The molecule has 0 spiro atoms. The Kier molecular flexibility index (Phi) is 4.97. The van der Waals surface area contributed by atoms with Gasteiger partial charge in [-0.3, -0.25) is 4.79 Å². The van der Waals surface area contributed by atoms with E-state index in [-0.39, 0.29) is 11.2 Å². The molecule has 2 aromatic rings. The van der Waals surface area contributed by atoms with Crippen LogP contribution in [-0.2, 0) is 9.53 Å². The molecule has 1 aromatic heterocycles. The third kappa shape index (κ3) is 3.94. The number of aryl methyl sites for hydroxylation is 1. The summed E-state index contributed by atoms with van der Waals surface area (Å²) < 4.78 is 5.42. The van der Waals surface area contributed by atoms with Crippen LogP contribution in [0.2, 0.25) is 0 Å². The molecule has 1 atom stereocenters. The first kappa shape index (κ1) is 14.8. The number of benzene rings is 1. The van der Waals surface area contributed by atoms with Crippen LogP contribution in [0.25, 0.3) is 0 Å². The fourth-order valence-electron chi connectivity index (χ4n) is 1.52. The normalized spacial score (nSPS) is 11.9. The van der Waals surface area contributed by atoms with Gasteiger partial charge in [-0.15, -0.1) is 10.2 Å². The van der Waals surface area contributed by atoms with Crippen molar-refractivity contribution < 1.29 is 9.53 Å². The summed E-state index contributed by atoms with van der Waals surface area (Å²) in [5.74, 6) is -0.265. The molecule has 5 nitrogen and oxygen atoms in total. The Bertz CT molecular complexity index is 601. The lowest BCUT2D eigenvalue weighted by Crippen LogP contribution is -2.14. The van der Waals surface area contributed by atoms with Gasteiger partial charge in [0, 0.05) is 5.69 Å². The van der Waals surface area contributed by atoms with Crippen LogP contribution in [0.4, 0.5) is 10.8 Å². The molecule has 0 aliphatic heterocycles. The number of carbonyl (C=O) groups excluding carboxylic acids is 1. The Balaban J connectivity index is 2.00. The molecular formula is C13H15N3O2S2. The Labute approximate surface area is 125 Å². The van der Waals surface area contributed by atoms with Crippen LogP contribution >= 0.6 is 23.1 Å². The van der Waals surface area contributed by atoms with E-state index in [0.29, 0.717) is 5.13 Å². The van der Waals surface area contributed by atoms with E-state index in [9.17, 15) is 4.79 Å². The van der Waals surface area contributed by atoms with Gasteiger partial charge in [-0.2, -0.15) is 0 Å². The lowest BCUT2D eigenvalue weighted by molar-refractivity contribution is -0.139. The molecule has 0 radical (unpaired) electrons. The van der Waals surface area contributed by atoms with Crippen LogP contribution in [0.5, 0.6) is 0 Å². The molecule has 1 N–H and O–H groups in total. The van der Waals surface area contributed by atoms with Crippen LogP contribution < -0.4 is 5.32 Å². The molecule has 106 valence electrons. The second kappa shape index (κ2) is 6.71. The Hall–Kier alpha value is -1.60. The number of nitrogens with one attached hydrogen (secondary N) is 1. The summed E-state index contributed by atoms with van der Waals surface area (Å²) in [4.78, 5) is 11.3. The standard InChI is InChI=1S/C13H15N3O2S2/c1-8-5-4-6-10(7-8)14-12-15-16-13(20-12)19-9(2)11(17)18-3/h4-7,9H,1-3H3,(H,14,15). The van der Waals surface area contributed by atoms with Gasteiger partial charge in [0.05, 0.1) is 7.11 Å². The number of rotatable bonds is 5. The third-order valence-corrected chi connectivity index (χ3v) is 4.49. The van der Waals surface area contributed by atoms with Crippen molar-refractivity contribution in [2.75, 3.05) is 12.4 Å². The molecular weight excluding hydrogens is 294 g/mol. The van der Waals surface area contributed by atoms with Gasteiger partial charge < -0.3 is 10.1 Å². The van der Waals surface area contributed by atoms with Crippen molar-refractivity contribution in [3.05, 3.63) is 29.8 Å². The first-order valence-corrected chi connectivity index (χ1v) is 7.70. The highest BCUT2D eigenvalue weighted by molar-refractivity contribution is 8.02. The molecule has 2 rings (SSSR count). The second-order valence-corrected chi connectivity index (χ2v) is 6.72. The molecule has 1 heterocycles. The van der Waals surface area contributed by atoms with Crippen molar-refractivity contribution >= 4 is 39.9 Å². The lowest BCUT2D eigenvalue weighted by atomic mass is 10.2. The summed E-state index contributed by atoms with van der Waals surface area (Å²) in [6.45, 7) is 3.82. The number of anilines is 2. The minimum Gasteiger partial charge on any atom is -0.468 e. The van der Waals surface area contributed by atoms with E-state index in [1.54, 1.807) is 6.92 Å². The fourth-order valence-corrected chi connectivity index (χ4v) is 3.46. The summed E-state index contributed by atoms with van der Waals surface area (Å²) in [6.07, 6.45) is 0. The zero-order chi connectivity index (χ0) is 14.5. The molecule has 0 fully saturated rings. The van der Waals surface area contributed by atoms with Crippen LogP contribution in [0, 0.1) is 6.92 Å². The maximum atomic E-state index is 11.3. The van der Waals surface area contributed by atoms with Crippen molar-refractivity contribution in [2.24, 2.45) is 0 Å². The molecule has 1 aromatic carbocycles. The number of carbonyl (C=O) groups is 1.